The molecule has 0 aromatic heterocycles. The number of aromatic hydroxyl groups is 1. The van der Waals surface area contributed by atoms with Crippen LogP contribution < -0.4 is 0 Å². The topological polar surface area (TPSA) is 89.7 Å². The number of halogens is 1. The molecule has 0 aliphatic heterocycles. The Balaban J connectivity index is 3.35. The van der Waals surface area contributed by atoms with Gasteiger partial charge in [-0.3, -0.25) is 10.1 Å². The molecule has 0 aliphatic carbocycles. The Bertz CT molecular complexity index is 431. The minimum atomic E-state index is -0.785. The van der Waals surface area contributed by atoms with Crippen molar-refractivity contribution in [3.63, 3.8) is 0 Å². The van der Waals surface area contributed by atoms with E-state index in [-0.39, 0.29) is 10.0 Å². The van der Waals surface area contributed by atoms with Crippen molar-refractivity contribution in [3.8, 4) is 5.75 Å². The van der Waals surface area contributed by atoms with Crippen molar-refractivity contribution >= 4 is 27.6 Å². The fourth-order valence-electron chi connectivity index (χ4n) is 0.959. The predicted octanol–water partition coefficient (Wildman–Crippen LogP) is 1.85. The van der Waals surface area contributed by atoms with Gasteiger partial charge in [0, 0.05) is 6.07 Å². The molecule has 1 N–H and O–H groups in total. The lowest BCUT2D eigenvalue weighted by Crippen LogP contribution is -2.02. The Labute approximate surface area is 92.8 Å². The molecule has 6 nitrogen and oxygen atoms in total. The largest absolute Gasteiger partial charge is 0.501 e. The van der Waals surface area contributed by atoms with Crippen molar-refractivity contribution in [1.29, 1.82) is 0 Å². The van der Waals surface area contributed by atoms with Gasteiger partial charge >= 0.3 is 11.7 Å². The lowest BCUT2D eigenvalue weighted by molar-refractivity contribution is -0.386. The zero-order chi connectivity index (χ0) is 11.6. The number of benzene rings is 1. The minimum absolute atomic E-state index is 0.00567. The molecular formula is C8H6BrNO5. The fourth-order valence-corrected chi connectivity index (χ4v) is 1.41. The molecule has 0 bridgehead atoms. The van der Waals surface area contributed by atoms with Gasteiger partial charge in [-0.1, -0.05) is 0 Å². The molecule has 7 heteroatoms. The van der Waals surface area contributed by atoms with Crippen LogP contribution in [0.15, 0.2) is 16.6 Å². The van der Waals surface area contributed by atoms with Gasteiger partial charge in [0.15, 0.2) is 0 Å². The van der Waals surface area contributed by atoms with Gasteiger partial charge in [0.05, 0.1) is 22.1 Å². The molecule has 1 aromatic carbocycles. The number of methoxy groups -OCH3 is 1. The van der Waals surface area contributed by atoms with Crippen molar-refractivity contribution in [2.75, 3.05) is 7.11 Å². The summed E-state index contributed by atoms with van der Waals surface area (Å²) in [6.07, 6.45) is 0. The van der Waals surface area contributed by atoms with Crippen LogP contribution in [0.1, 0.15) is 10.4 Å². The summed E-state index contributed by atoms with van der Waals surface area (Å²) in [7, 11) is 1.16. The Morgan fingerprint density at radius 1 is 1.60 bits per heavy atom. The number of carbonyl (C=O) groups is 1. The summed E-state index contributed by atoms with van der Waals surface area (Å²) >= 11 is 2.90. The maximum atomic E-state index is 11.1. The van der Waals surface area contributed by atoms with Crippen LogP contribution in [-0.4, -0.2) is 23.1 Å². The number of ether oxygens (including phenoxy) is 1. The summed E-state index contributed by atoms with van der Waals surface area (Å²) < 4.78 is 4.47. The first kappa shape index (κ1) is 11.4. The molecule has 1 aromatic rings. The molecular weight excluding hydrogens is 270 g/mol. The van der Waals surface area contributed by atoms with Gasteiger partial charge in [0.1, 0.15) is 0 Å². The number of esters is 1. The third-order valence-electron chi connectivity index (χ3n) is 1.66. The van der Waals surface area contributed by atoms with Gasteiger partial charge in [-0.15, -0.1) is 0 Å². The first-order valence-electron chi connectivity index (χ1n) is 3.72. The quantitative estimate of drug-likeness (QED) is 0.505. The zero-order valence-electron chi connectivity index (χ0n) is 7.56. The van der Waals surface area contributed by atoms with E-state index >= 15 is 0 Å². The van der Waals surface area contributed by atoms with Gasteiger partial charge in [-0.25, -0.2) is 4.79 Å². The first-order chi connectivity index (χ1) is 6.97. The second kappa shape index (κ2) is 4.26. The Morgan fingerprint density at radius 2 is 2.20 bits per heavy atom. The Kier molecular flexibility index (Phi) is 3.25. The minimum Gasteiger partial charge on any atom is -0.501 e. The molecule has 0 unspecified atom stereocenters. The van der Waals surface area contributed by atoms with Gasteiger partial charge in [0.2, 0.25) is 5.75 Å². The smallest absolute Gasteiger partial charge is 0.338 e. The van der Waals surface area contributed by atoms with E-state index in [2.05, 4.69) is 20.7 Å². The third-order valence-corrected chi connectivity index (χ3v) is 2.27. The van der Waals surface area contributed by atoms with Gasteiger partial charge < -0.3 is 9.84 Å². The van der Waals surface area contributed by atoms with Gasteiger partial charge in [-0.05, 0) is 22.0 Å². The molecule has 0 saturated heterocycles. The van der Waals surface area contributed by atoms with E-state index in [9.17, 15) is 20.0 Å². The lowest BCUT2D eigenvalue weighted by Gasteiger charge is -2.02. The normalized spacial score (nSPS) is 9.73. The molecule has 0 atom stereocenters. The molecule has 15 heavy (non-hydrogen) atoms. The summed E-state index contributed by atoms with van der Waals surface area (Å²) in [5.74, 6) is -1.23. The van der Waals surface area contributed by atoms with Crippen LogP contribution >= 0.6 is 15.9 Å². The second-order valence-corrected chi connectivity index (χ2v) is 3.43. The first-order valence-corrected chi connectivity index (χ1v) is 4.52. The summed E-state index contributed by atoms with van der Waals surface area (Å²) in [5, 5.41) is 19.8. The second-order valence-electron chi connectivity index (χ2n) is 2.57. The average Bonchev–Trinajstić information content (AvgIpc) is 2.20. The van der Waals surface area contributed by atoms with Crippen LogP contribution in [0.5, 0.6) is 5.75 Å². The molecule has 0 aliphatic rings. The molecule has 80 valence electrons. The maximum Gasteiger partial charge on any atom is 0.338 e. The van der Waals surface area contributed by atoms with Crippen LogP contribution in [-0.2, 0) is 4.74 Å². The lowest BCUT2D eigenvalue weighted by atomic mass is 10.2. The van der Waals surface area contributed by atoms with Crippen LogP contribution in [0.3, 0.4) is 0 Å². The van der Waals surface area contributed by atoms with Crippen LogP contribution in [0.4, 0.5) is 5.69 Å². The van der Waals surface area contributed by atoms with Gasteiger partial charge in [0.25, 0.3) is 0 Å². The highest BCUT2D eigenvalue weighted by atomic mass is 79.9. The zero-order valence-corrected chi connectivity index (χ0v) is 9.15. The Morgan fingerprint density at radius 3 is 2.67 bits per heavy atom. The van der Waals surface area contributed by atoms with Crippen LogP contribution in [0.2, 0.25) is 0 Å². The van der Waals surface area contributed by atoms with E-state index < -0.39 is 22.3 Å². The number of hydrogen-bond donors (Lipinski definition) is 1. The van der Waals surface area contributed by atoms with Crippen molar-refractivity contribution in [3.05, 3.63) is 32.3 Å². The molecule has 0 amide bonds. The number of phenols is 1. The van der Waals surface area contributed by atoms with E-state index in [0.717, 1.165) is 13.2 Å². The average molecular weight is 276 g/mol. The van der Waals surface area contributed by atoms with E-state index in [4.69, 9.17) is 0 Å². The number of carbonyl (C=O) groups excluding carboxylic acids is 1. The number of nitrogens with zero attached hydrogens (tertiary/aromatic N) is 1. The van der Waals surface area contributed by atoms with Gasteiger partial charge in [-0.2, -0.15) is 0 Å². The SMILES string of the molecule is COC(=O)c1cc(Br)c(O)c([N+](=O)[O-])c1. The van der Waals surface area contributed by atoms with E-state index in [0.29, 0.717) is 0 Å². The Hall–Kier alpha value is -1.63. The third kappa shape index (κ3) is 2.24. The van der Waals surface area contributed by atoms with E-state index in [1.54, 1.807) is 0 Å². The maximum absolute atomic E-state index is 11.1. The molecule has 0 saturated carbocycles. The number of rotatable bonds is 2. The van der Waals surface area contributed by atoms with Crippen molar-refractivity contribution in [2.45, 2.75) is 0 Å². The summed E-state index contributed by atoms with van der Waals surface area (Å²) in [6, 6.07) is 2.19. The molecule has 1 rings (SSSR count). The molecule has 0 spiro atoms. The highest BCUT2D eigenvalue weighted by Gasteiger charge is 2.20. The number of nitro benzene ring substituents is 1. The summed E-state index contributed by atoms with van der Waals surface area (Å²) in [4.78, 5) is 20.8. The molecule has 0 fully saturated rings. The summed E-state index contributed by atoms with van der Waals surface area (Å²) in [5.41, 5.74) is -0.557. The van der Waals surface area contributed by atoms with Crippen molar-refractivity contribution < 1.29 is 19.6 Å². The fraction of sp³-hybridized carbons (Fsp3) is 0.125. The van der Waals surface area contributed by atoms with Crippen LogP contribution in [0, 0.1) is 10.1 Å². The van der Waals surface area contributed by atoms with E-state index in [1.165, 1.54) is 6.07 Å². The molecule has 0 heterocycles. The van der Waals surface area contributed by atoms with Crippen LogP contribution in [0.25, 0.3) is 0 Å². The standard InChI is InChI=1S/C8H6BrNO5/c1-15-8(12)4-2-5(9)7(11)6(3-4)10(13)14/h2-3,11H,1H3. The number of hydrogen-bond acceptors (Lipinski definition) is 5. The number of phenolic OH excluding ortho intramolecular Hbond substituents is 1. The van der Waals surface area contributed by atoms with Crippen molar-refractivity contribution in [2.24, 2.45) is 0 Å². The van der Waals surface area contributed by atoms with E-state index in [1.807, 2.05) is 0 Å². The highest BCUT2D eigenvalue weighted by molar-refractivity contribution is 9.10. The predicted molar refractivity (Wildman–Crippen MR) is 53.8 cm³/mol. The number of nitro groups is 1. The molecule has 0 radical (unpaired) electrons. The highest BCUT2D eigenvalue weighted by Crippen LogP contribution is 2.35. The van der Waals surface area contributed by atoms with Crippen molar-refractivity contribution in [1.82, 2.24) is 0 Å². The summed E-state index contributed by atoms with van der Waals surface area (Å²) in [6.45, 7) is 0. The monoisotopic (exact) mass is 275 g/mol.